The Balaban J connectivity index is 1.87. The first-order chi connectivity index (χ1) is 13.8. The minimum atomic E-state index is -1.51. The summed E-state index contributed by atoms with van der Waals surface area (Å²) in [5.41, 5.74) is 0.393. The Bertz CT molecular complexity index is 1030. The number of barbiturate groups is 1. The number of carbonyl (C=O) groups excluding carboxylic acids is 3. The van der Waals surface area contributed by atoms with Gasteiger partial charge in [0.1, 0.15) is 11.7 Å². The Kier molecular flexibility index (Phi) is 5.84. The number of thioether (sulfide) groups is 1. The number of aromatic nitrogens is 2. The molecule has 1 aromatic heterocycles. The lowest BCUT2D eigenvalue weighted by Crippen LogP contribution is -2.55. The largest absolute Gasteiger partial charge is 0.496 e. The Morgan fingerprint density at radius 1 is 1.28 bits per heavy atom. The number of ether oxygens (including phenoxy) is 1. The summed E-state index contributed by atoms with van der Waals surface area (Å²) in [5, 5.41) is 21.0. The van der Waals surface area contributed by atoms with E-state index in [1.807, 2.05) is 10.6 Å². The molecular formula is C16H11ClN4O7S. The molecule has 11 nitrogen and oxygen atoms in total. The van der Waals surface area contributed by atoms with Crippen LogP contribution in [0.2, 0.25) is 5.02 Å². The summed E-state index contributed by atoms with van der Waals surface area (Å²) in [7, 11) is 1.44. The van der Waals surface area contributed by atoms with Crippen molar-refractivity contribution in [3.05, 3.63) is 34.2 Å². The van der Waals surface area contributed by atoms with E-state index in [0.717, 1.165) is 6.08 Å². The van der Waals surface area contributed by atoms with Crippen molar-refractivity contribution >= 4 is 47.2 Å². The molecule has 150 valence electrons. The Morgan fingerprint density at radius 2 is 1.97 bits per heavy atom. The lowest BCUT2D eigenvalue weighted by molar-refractivity contribution is -0.133. The van der Waals surface area contributed by atoms with Crippen LogP contribution in [0, 0.1) is 5.92 Å². The third kappa shape index (κ3) is 4.55. The summed E-state index contributed by atoms with van der Waals surface area (Å²) >= 11 is 6.50. The van der Waals surface area contributed by atoms with Crippen LogP contribution in [0.4, 0.5) is 4.79 Å². The summed E-state index contributed by atoms with van der Waals surface area (Å²) in [5.74, 6) is -4.42. The van der Waals surface area contributed by atoms with Crippen molar-refractivity contribution in [2.24, 2.45) is 5.92 Å². The van der Waals surface area contributed by atoms with Crippen LogP contribution < -0.4 is 15.4 Å². The molecule has 0 spiro atoms. The zero-order chi connectivity index (χ0) is 21.1. The monoisotopic (exact) mass is 438 g/mol. The molecule has 0 unspecified atom stereocenters. The number of hydrogen-bond acceptors (Lipinski definition) is 9. The zero-order valence-corrected chi connectivity index (χ0v) is 16.0. The number of halogens is 1. The minimum Gasteiger partial charge on any atom is -0.496 e. The summed E-state index contributed by atoms with van der Waals surface area (Å²) in [6.45, 7) is 0. The van der Waals surface area contributed by atoms with Crippen molar-refractivity contribution < 1.29 is 33.4 Å². The lowest BCUT2D eigenvalue weighted by Gasteiger charge is -2.18. The van der Waals surface area contributed by atoms with Crippen LogP contribution in [0.25, 0.3) is 11.5 Å². The van der Waals surface area contributed by atoms with Gasteiger partial charge in [-0.05, 0) is 36.0 Å². The predicted molar refractivity (Wildman–Crippen MR) is 98.0 cm³/mol. The fourth-order valence-electron chi connectivity index (χ4n) is 2.28. The van der Waals surface area contributed by atoms with Gasteiger partial charge in [0.25, 0.3) is 11.1 Å². The van der Waals surface area contributed by atoms with Gasteiger partial charge in [0.05, 0.1) is 17.6 Å². The second-order valence-electron chi connectivity index (χ2n) is 5.44. The van der Waals surface area contributed by atoms with Gasteiger partial charge in [0, 0.05) is 5.02 Å². The van der Waals surface area contributed by atoms with E-state index in [0.29, 0.717) is 28.1 Å². The number of imide groups is 2. The number of methoxy groups -OCH3 is 1. The maximum Gasteiger partial charge on any atom is 0.342 e. The zero-order valence-electron chi connectivity index (χ0n) is 14.5. The number of amides is 4. The molecule has 0 radical (unpaired) electrons. The maximum absolute atomic E-state index is 11.8. The van der Waals surface area contributed by atoms with E-state index >= 15 is 0 Å². The Morgan fingerprint density at radius 3 is 2.59 bits per heavy atom. The molecule has 2 aromatic rings. The molecule has 1 aliphatic heterocycles. The molecule has 0 aliphatic carbocycles. The highest BCUT2D eigenvalue weighted by molar-refractivity contribution is 8.03. The number of carbonyl (C=O) groups is 4. The number of nitrogens with one attached hydrogen (secondary N) is 2. The van der Waals surface area contributed by atoms with E-state index in [4.69, 9.17) is 20.8 Å². The average molecular weight is 439 g/mol. The highest BCUT2D eigenvalue weighted by Gasteiger charge is 2.34. The highest BCUT2D eigenvalue weighted by atomic mass is 35.5. The van der Waals surface area contributed by atoms with Crippen LogP contribution >= 0.6 is 23.4 Å². The number of urea groups is 1. The van der Waals surface area contributed by atoms with Crippen molar-refractivity contribution in [3.63, 3.8) is 0 Å². The van der Waals surface area contributed by atoms with Gasteiger partial charge in [-0.1, -0.05) is 11.6 Å². The van der Waals surface area contributed by atoms with E-state index < -0.39 is 34.6 Å². The van der Waals surface area contributed by atoms with E-state index in [2.05, 4.69) is 10.2 Å². The van der Waals surface area contributed by atoms with Gasteiger partial charge < -0.3 is 14.3 Å². The molecule has 1 fully saturated rings. The van der Waals surface area contributed by atoms with Crippen molar-refractivity contribution in [2.75, 3.05) is 7.11 Å². The van der Waals surface area contributed by atoms with Gasteiger partial charge >= 0.3 is 12.0 Å². The van der Waals surface area contributed by atoms with Crippen molar-refractivity contribution in [3.8, 4) is 17.2 Å². The van der Waals surface area contributed by atoms with Crippen molar-refractivity contribution in [1.29, 1.82) is 0 Å². The molecule has 0 atom stereocenters. The van der Waals surface area contributed by atoms with Gasteiger partial charge in [-0.15, -0.1) is 10.2 Å². The van der Waals surface area contributed by atoms with Gasteiger partial charge in [-0.25, -0.2) is 9.59 Å². The van der Waals surface area contributed by atoms with Gasteiger partial charge in [-0.3, -0.25) is 20.2 Å². The summed E-state index contributed by atoms with van der Waals surface area (Å²) in [6.07, 6.45) is 0.883. The number of benzene rings is 1. The predicted octanol–water partition coefficient (Wildman–Crippen LogP) is 1.44. The molecule has 1 saturated heterocycles. The van der Waals surface area contributed by atoms with Gasteiger partial charge in [0.2, 0.25) is 11.8 Å². The lowest BCUT2D eigenvalue weighted by atomic mass is 10.1. The number of rotatable bonds is 6. The third-order valence-corrected chi connectivity index (χ3v) is 4.67. The van der Waals surface area contributed by atoms with Crippen LogP contribution in [-0.2, 0) is 14.4 Å². The van der Waals surface area contributed by atoms with Crippen LogP contribution in [0.15, 0.2) is 38.8 Å². The molecule has 13 heteroatoms. The van der Waals surface area contributed by atoms with E-state index in [9.17, 15) is 24.3 Å². The van der Waals surface area contributed by atoms with Crippen LogP contribution in [0.1, 0.15) is 0 Å². The third-order valence-electron chi connectivity index (χ3n) is 3.56. The molecule has 29 heavy (non-hydrogen) atoms. The van der Waals surface area contributed by atoms with Gasteiger partial charge in [-0.2, -0.15) is 0 Å². The SMILES string of the molecule is COc1ccc(Cl)cc1-c1nnc(S/C(=C/C2C(=O)NC(=O)NC2=O)C(=O)O)o1. The first kappa shape index (κ1) is 20.4. The molecule has 4 amide bonds. The fraction of sp³-hybridized carbons (Fsp3) is 0.125. The van der Waals surface area contributed by atoms with Crippen LogP contribution in [-0.4, -0.2) is 46.2 Å². The molecule has 3 rings (SSSR count). The van der Waals surface area contributed by atoms with E-state index in [-0.39, 0.29) is 11.1 Å². The quantitative estimate of drug-likeness (QED) is 0.342. The molecule has 1 aliphatic rings. The first-order valence-electron chi connectivity index (χ1n) is 7.74. The van der Waals surface area contributed by atoms with Crippen molar-refractivity contribution in [2.45, 2.75) is 5.22 Å². The number of hydrogen-bond donors (Lipinski definition) is 3. The summed E-state index contributed by atoms with van der Waals surface area (Å²) < 4.78 is 10.7. The first-order valence-corrected chi connectivity index (χ1v) is 8.94. The normalized spacial score (nSPS) is 15.1. The molecule has 2 heterocycles. The Hall–Kier alpha value is -3.38. The van der Waals surface area contributed by atoms with Crippen LogP contribution in [0.5, 0.6) is 5.75 Å². The van der Waals surface area contributed by atoms with E-state index in [1.54, 1.807) is 12.1 Å². The van der Waals surface area contributed by atoms with E-state index in [1.165, 1.54) is 13.2 Å². The second kappa shape index (κ2) is 8.32. The molecule has 3 N–H and O–H groups in total. The topological polar surface area (TPSA) is 161 Å². The number of carboxylic acid groups (broad SMARTS) is 1. The molecule has 0 saturated carbocycles. The Labute approximate surface area is 171 Å². The molecular weight excluding hydrogens is 428 g/mol. The smallest absolute Gasteiger partial charge is 0.342 e. The minimum absolute atomic E-state index is 0.0235. The second-order valence-corrected chi connectivity index (χ2v) is 6.87. The van der Waals surface area contributed by atoms with Crippen LogP contribution in [0.3, 0.4) is 0 Å². The number of carboxylic acids is 1. The fourth-order valence-corrected chi connectivity index (χ4v) is 3.14. The molecule has 0 bridgehead atoms. The van der Waals surface area contributed by atoms with Gasteiger partial charge in [0.15, 0.2) is 0 Å². The summed E-state index contributed by atoms with van der Waals surface area (Å²) in [4.78, 5) is 45.8. The number of nitrogens with zero attached hydrogens (tertiary/aromatic N) is 2. The molecule has 1 aromatic carbocycles. The number of aliphatic carboxylic acids is 1. The standard InChI is InChI=1S/C16H11ClN4O7S/c1-27-9-3-2-6(17)4-7(9)13-20-21-16(28-13)29-10(14(24)25)5-8-11(22)18-15(26)19-12(8)23/h2-5,8H,1H3,(H,24,25)(H2,18,19,22,23,26)/b10-5+. The van der Waals surface area contributed by atoms with Crippen molar-refractivity contribution in [1.82, 2.24) is 20.8 Å². The average Bonchev–Trinajstić information content (AvgIpc) is 3.11. The summed E-state index contributed by atoms with van der Waals surface area (Å²) in [6, 6.07) is 3.75. The highest BCUT2D eigenvalue weighted by Crippen LogP contribution is 2.34. The maximum atomic E-state index is 11.8.